The molecule has 0 unspecified atom stereocenters. The number of rotatable bonds is 1. The van der Waals surface area contributed by atoms with Crippen molar-refractivity contribution in [2.24, 2.45) is 0 Å². The van der Waals surface area contributed by atoms with Gasteiger partial charge in [0.25, 0.3) is 4.74 Å². The third-order valence-electron chi connectivity index (χ3n) is 3.92. The number of fused-ring (bicyclic) bond motifs is 1. The van der Waals surface area contributed by atoms with Crippen LogP contribution in [0.15, 0.2) is 35.1 Å². The SMILES string of the molecule is CC1(C)CCC[n+]2c1sc(=O)c(-c1ccccc1)c2[O-]. The first-order valence-corrected chi connectivity index (χ1v) is 7.66. The van der Waals surface area contributed by atoms with Crippen molar-refractivity contribution >= 4 is 11.3 Å². The van der Waals surface area contributed by atoms with E-state index in [0.717, 1.165) is 23.4 Å². The van der Waals surface area contributed by atoms with E-state index in [0.29, 0.717) is 12.1 Å². The molecule has 0 radical (unpaired) electrons. The molecule has 1 aliphatic heterocycles. The molecule has 0 saturated heterocycles. The molecular weight excluding hydrogens is 270 g/mol. The minimum Gasteiger partial charge on any atom is -0.823 e. The Balaban J connectivity index is 2.28. The fraction of sp³-hybridized carbons (Fsp3) is 0.375. The fourth-order valence-corrected chi connectivity index (χ4v) is 3.99. The lowest BCUT2D eigenvalue weighted by Gasteiger charge is -2.28. The van der Waals surface area contributed by atoms with E-state index in [-0.39, 0.29) is 16.0 Å². The van der Waals surface area contributed by atoms with Gasteiger partial charge < -0.3 is 5.11 Å². The second kappa shape index (κ2) is 4.70. The molecular formula is C16H17NO2S. The van der Waals surface area contributed by atoms with Crippen LogP contribution in [0.4, 0.5) is 0 Å². The predicted molar refractivity (Wildman–Crippen MR) is 77.9 cm³/mol. The van der Waals surface area contributed by atoms with Gasteiger partial charge in [0.1, 0.15) is 6.54 Å². The molecule has 4 heteroatoms. The zero-order valence-corrected chi connectivity index (χ0v) is 12.5. The number of nitrogens with zero attached hydrogens (tertiary/aromatic N) is 1. The van der Waals surface area contributed by atoms with E-state index < -0.39 is 0 Å². The minimum absolute atomic E-state index is 0.0869. The normalized spacial score (nSPS) is 16.7. The van der Waals surface area contributed by atoms with Gasteiger partial charge in [-0.2, -0.15) is 4.57 Å². The summed E-state index contributed by atoms with van der Waals surface area (Å²) < 4.78 is 1.68. The van der Waals surface area contributed by atoms with Gasteiger partial charge >= 0.3 is 0 Å². The third-order valence-corrected chi connectivity index (χ3v) is 5.28. The second-order valence-electron chi connectivity index (χ2n) is 5.88. The molecule has 0 aliphatic carbocycles. The van der Waals surface area contributed by atoms with Gasteiger partial charge in [0, 0.05) is 6.42 Å². The quantitative estimate of drug-likeness (QED) is 0.755. The molecule has 20 heavy (non-hydrogen) atoms. The Morgan fingerprint density at radius 3 is 2.65 bits per heavy atom. The van der Waals surface area contributed by atoms with E-state index in [9.17, 15) is 9.90 Å². The molecule has 0 saturated carbocycles. The molecule has 0 amide bonds. The lowest BCUT2D eigenvalue weighted by Crippen LogP contribution is -2.50. The van der Waals surface area contributed by atoms with Crippen LogP contribution in [0.2, 0.25) is 0 Å². The zero-order chi connectivity index (χ0) is 14.3. The molecule has 2 heterocycles. The van der Waals surface area contributed by atoms with Crippen LogP contribution in [-0.4, -0.2) is 0 Å². The average Bonchev–Trinajstić information content (AvgIpc) is 2.41. The fourth-order valence-electron chi connectivity index (χ4n) is 2.85. The first kappa shape index (κ1) is 13.3. The summed E-state index contributed by atoms with van der Waals surface area (Å²) in [6.07, 6.45) is 2.01. The van der Waals surface area contributed by atoms with Gasteiger partial charge in [-0.05, 0) is 37.2 Å². The van der Waals surface area contributed by atoms with Crippen LogP contribution in [0, 0.1) is 0 Å². The molecule has 0 fully saturated rings. The Morgan fingerprint density at radius 2 is 1.95 bits per heavy atom. The summed E-state index contributed by atoms with van der Waals surface area (Å²) in [6.45, 7) is 4.93. The van der Waals surface area contributed by atoms with Crippen molar-refractivity contribution in [3.05, 3.63) is 44.9 Å². The van der Waals surface area contributed by atoms with Crippen LogP contribution < -0.4 is 14.4 Å². The van der Waals surface area contributed by atoms with E-state index in [1.165, 1.54) is 11.3 Å². The molecule has 0 N–H and O–H groups in total. The molecule has 0 atom stereocenters. The Labute approximate surface area is 122 Å². The smallest absolute Gasteiger partial charge is 0.251 e. The van der Waals surface area contributed by atoms with Crippen molar-refractivity contribution in [2.75, 3.05) is 0 Å². The largest absolute Gasteiger partial charge is 0.823 e. The second-order valence-corrected chi connectivity index (χ2v) is 6.84. The van der Waals surface area contributed by atoms with E-state index in [2.05, 4.69) is 13.8 Å². The molecule has 2 aromatic rings. The van der Waals surface area contributed by atoms with Crippen molar-refractivity contribution in [1.29, 1.82) is 0 Å². The van der Waals surface area contributed by atoms with Gasteiger partial charge in [-0.25, -0.2) is 0 Å². The van der Waals surface area contributed by atoms with Crippen molar-refractivity contribution in [3.8, 4) is 17.0 Å². The first-order chi connectivity index (χ1) is 9.50. The monoisotopic (exact) mass is 287 g/mol. The molecule has 104 valence electrons. The lowest BCUT2D eigenvalue weighted by atomic mass is 9.86. The molecule has 0 bridgehead atoms. The molecule has 0 spiro atoms. The van der Waals surface area contributed by atoms with Gasteiger partial charge in [-0.3, -0.25) is 4.79 Å². The van der Waals surface area contributed by atoms with Crippen LogP contribution >= 0.6 is 11.3 Å². The maximum absolute atomic E-state index is 12.7. The van der Waals surface area contributed by atoms with Crippen LogP contribution in [-0.2, 0) is 12.0 Å². The first-order valence-electron chi connectivity index (χ1n) is 6.84. The summed E-state index contributed by atoms with van der Waals surface area (Å²) in [5.41, 5.74) is 0.950. The standard InChI is InChI=1S/C16H17NO2S/c1-16(2)9-6-10-17-13(18)12(14(19)20-15(16)17)11-7-4-3-5-8-11/h3-5,7-8H,6,9-10H2,1-2H3. The summed E-state index contributed by atoms with van der Waals surface area (Å²) in [4.78, 5) is 12.4. The zero-order valence-electron chi connectivity index (χ0n) is 11.7. The topological polar surface area (TPSA) is 44.0 Å². The predicted octanol–water partition coefficient (Wildman–Crippen LogP) is 2.21. The highest BCUT2D eigenvalue weighted by Gasteiger charge is 2.37. The van der Waals surface area contributed by atoms with Gasteiger partial charge in [0.2, 0.25) is 5.01 Å². The van der Waals surface area contributed by atoms with Crippen LogP contribution in [0.1, 0.15) is 31.7 Å². The maximum Gasteiger partial charge on any atom is 0.251 e. The van der Waals surface area contributed by atoms with E-state index in [4.69, 9.17) is 0 Å². The Bertz CT molecular complexity index is 704. The Morgan fingerprint density at radius 1 is 1.25 bits per heavy atom. The molecule has 3 nitrogen and oxygen atoms in total. The van der Waals surface area contributed by atoms with Gasteiger partial charge in [-0.15, -0.1) is 0 Å². The molecule has 1 aromatic heterocycles. The van der Waals surface area contributed by atoms with Crippen molar-refractivity contribution in [1.82, 2.24) is 0 Å². The van der Waals surface area contributed by atoms with Crippen molar-refractivity contribution in [3.63, 3.8) is 0 Å². The minimum atomic E-state index is -0.136. The van der Waals surface area contributed by atoms with Gasteiger partial charge in [0.15, 0.2) is 5.88 Å². The van der Waals surface area contributed by atoms with E-state index >= 15 is 0 Å². The summed E-state index contributed by atoms with van der Waals surface area (Å²) in [6, 6.07) is 9.24. The Kier molecular flexibility index (Phi) is 3.13. The summed E-state index contributed by atoms with van der Waals surface area (Å²) in [7, 11) is 0. The van der Waals surface area contributed by atoms with Crippen LogP contribution in [0.5, 0.6) is 5.88 Å². The van der Waals surface area contributed by atoms with Gasteiger partial charge in [-0.1, -0.05) is 30.3 Å². The van der Waals surface area contributed by atoms with E-state index in [1.807, 2.05) is 30.3 Å². The molecule has 3 rings (SSSR count). The van der Waals surface area contributed by atoms with Crippen molar-refractivity contribution < 1.29 is 9.67 Å². The highest BCUT2D eigenvalue weighted by molar-refractivity contribution is 7.09. The number of benzene rings is 1. The highest BCUT2D eigenvalue weighted by atomic mass is 32.1. The average molecular weight is 287 g/mol. The summed E-state index contributed by atoms with van der Waals surface area (Å²) in [5, 5.41) is 13.6. The number of hydrogen-bond acceptors (Lipinski definition) is 3. The maximum atomic E-state index is 12.7. The van der Waals surface area contributed by atoms with E-state index in [1.54, 1.807) is 4.57 Å². The third kappa shape index (κ3) is 2.04. The number of hydrogen-bond donors (Lipinski definition) is 0. The van der Waals surface area contributed by atoms with Crippen molar-refractivity contribution in [2.45, 2.75) is 38.6 Å². The Hall–Kier alpha value is -1.68. The molecule has 1 aliphatic rings. The lowest BCUT2D eigenvalue weighted by molar-refractivity contribution is -0.746. The summed E-state index contributed by atoms with van der Waals surface area (Å²) >= 11 is 1.23. The van der Waals surface area contributed by atoms with Gasteiger partial charge in [0.05, 0.1) is 11.0 Å². The summed E-state index contributed by atoms with van der Waals surface area (Å²) in [5.74, 6) is -0.136. The van der Waals surface area contributed by atoms with Crippen LogP contribution in [0.3, 0.4) is 0 Å². The highest BCUT2D eigenvalue weighted by Crippen LogP contribution is 2.33. The van der Waals surface area contributed by atoms with Crippen LogP contribution in [0.25, 0.3) is 11.1 Å². The molecule has 1 aromatic carbocycles. The number of aromatic nitrogens is 1.